The number of benzene rings is 1. The van der Waals surface area contributed by atoms with Crippen molar-refractivity contribution in [2.24, 2.45) is 5.92 Å². The minimum absolute atomic E-state index is 0.705. The van der Waals surface area contributed by atoms with E-state index < -0.39 is 0 Å². The molecular weight excluding hydrogens is 244 g/mol. The molecule has 0 atom stereocenters. The van der Waals surface area contributed by atoms with Crippen molar-refractivity contribution in [1.82, 2.24) is 4.90 Å². The third-order valence-electron chi connectivity index (χ3n) is 4.14. The van der Waals surface area contributed by atoms with E-state index >= 15 is 0 Å². The average Bonchev–Trinajstić information content (AvgIpc) is 2.33. The standard InChI is InChI=1S/C15H23ClN2/c1-11-3-7-14(8-4-11)18(2)10-12-5-6-13(16)9-15(12)17/h5-6,9,11,14H,3-4,7-8,10,17H2,1-2H3. The van der Waals surface area contributed by atoms with Crippen LogP contribution in [0.25, 0.3) is 0 Å². The highest BCUT2D eigenvalue weighted by atomic mass is 35.5. The zero-order valence-corrected chi connectivity index (χ0v) is 12.1. The van der Waals surface area contributed by atoms with Crippen molar-refractivity contribution < 1.29 is 0 Å². The average molecular weight is 267 g/mol. The van der Waals surface area contributed by atoms with Gasteiger partial charge in [-0.1, -0.05) is 24.6 Å². The second-order valence-corrected chi connectivity index (χ2v) is 6.11. The molecule has 0 bridgehead atoms. The molecule has 0 heterocycles. The van der Waals surface area contributed by atoms with Gasteiger partial charge in [-0.05, 0) is 56.3 Å². The fourth-order valence-corrected chi connectivity index (χ4v) is 2.97. The van der Waals surface area contributed by atoms with Gasteiger partial charge in [0, 0.05) is 23.3 Å². The number of nitrogens with two attached hydrogens (primary N) is 1. The molecule has 0 amide bonds. The number of halogens is 1. The van der Waals surface area contributed by atoms with Gasteiger partial charge in [-0.25, -0.2) is 0 Å². The number of nitrogens with zero attached hydrogens (tertiary/aromatic N) is 1. The molecule has 0 spiro atoms. The minimum Gasteiger partial charge on any atom is -0.398 e. The van der Waals surface area contributed by atoms with Crippen LogP contribution in [-0.4, -0.2) is 18.0 Å². The number of hydrogen-bond donors (Lipinski definition) is 1. The third-order valence-corrected chi connectivity index (χ3v) is 4.37. The van der Waals surface area contributed by atoms with Crippen molar-refractivity contribution in [3.05, 3.63) is 28.8 Å². The Morgan fingerprint density at radius 3 is 2.56 bits per heavy atom. The first kappa shape index (κ1) is 13.7. The van der Waals surface area contributed by atoms with Gasteiger partial charge >= 0.3 is 0 Å². The van der Waals surface area contributed by atoms with Crippen LogP contribution < -0.4 is 5.73 Å². The summed E-state index contributed by atoms with van der Waals surface area (Å²) < 4.78 is 0. The lowest BCUT2D eigenvalue weighted by atomic mass is 9.86. The van der Waals surface area contributed by atoms with Gasteiger partial charge in [0.1, 0.15) is 0 Å². The molecule has 0 aliphatic heterocycles. The van der Waals surface area contributed by atoms with E-state index in [1.807, 2.05) is 18.2 Å². The molecule has 0 saturated heterocycles. The maximum atomic E-state index is 6.01. The topological polar surface area (TPSA) is 29.3 Å². The Morgan fingerprint density at radius 1 is 1.28 bits per heavy atom. The van der Waals surface area contributed by atoms with Crippen LogP contribution in [0, 0.1) is 5.92 Å². The molecule has 0 unspecified atom stereocenters. The van der Waals surface area contributed by atoms with E-state index in [2.05, 4.69) is 18.9 Å². The Kier molecular flexibility index (Phi) is 4.52. The molecule has 0 aromatic heterocycles. The second-order valence-electron chi connectivity index (χ2n) is 5.67. The molecule has 1 saturated carbocycles. The van der Waals surface area contributed by atoms with E-state index in [0.29, 0.717) is 11.1 Å². The van der Waals surface area contributed by atoms with E-state index in [0.717, 1.165) is 18.2 Å². The van der Waals surface area contributed by atoms with E-state index in [4.69, 9.17) is 17.3 Å². The van der Waals surface area contributed by atoms with E-state index in [-0.39, 0.29) is 0 Å². The van der Waals surface area contributed by atoms with Gasteiger partial charge in [0.2, 0.25) is 0 Å². The monoisotopic (exact) mass is 266 g/mol. The van der Waals surface area contributed by atoms with E-state index in [1.54, 1.807) is 0 Å². The maximum Gasteiger partial charge on any atom is 0.0426 e. The Labute approximate surface area is 115 Å². The largest absolute Gasteiger partial charge is 0.398 e. The third kappa shape index (κ3) is 3.39. The Bertz CT molecular complexity index is 397. The fourth-order valence-electron chi connectivity index (χ4n) is 2.79. The van der Waals surface area contributed by atoms with E-state index in [9.17, 15) is 0 Å². The van der Waals surface area contributed by atoms with Crippen LogP contribution in [0.1, 0.15) is 38.2 Å². The molecule has 18 heavy (non-hydrogen) atoms. The summed E-state index contributed by atoms with van der Waals surface area (Å²) >= 11 is 5.92. The van der Waals surface area contributed by atoms with Crippen LogP contribution in [0.2, 0.25) is 5.02 Å². The van der Waals surface area contributed by atoms with Gasteiger partial charge in [0.25, 0.3) is 0 Å². The van der Waals surface area contributed by atoms with Crippen LogP contribution >= 0.6 is 11.6 Å². The molecule has 1 aliphatic carbocycles. The van der Waals surface area contributed by atoms with Gasteiger partial charge in [0.05, 0.1) is 0 Å². The predicted molar refractivity (Wildman–Crippen MR) is 78.8 cm³/mol. The molecule has 2 nitrogen and oxygen atoms in total. The van der Waals surface area contributed by atoms with Crippen LogP contribution in [0.4, 0.5) is 5.69 Å². The summed E-state index contributed by atoms with van der Waals surface area (Å²) in [6, 6.07) is 6.51. The van der Waals surface area contributed by atoms with Crippen LogP contribution in [-0.2, 0) is 6.54 Å². The quantitative estimate of drug-likeness (QED) is 0.840. The number of hydrogen-bond acceptors (Lipinski definition) is 2. The maximum absolute atomic E-state index is 6.01. The van der Waals surface area contributed by atoms with Crippen molar-refractivity contribution in [2.45, 2.75) is 45.2 Å². The summed E-state index contributed by atoms with van der Waals surface area (Å²) in [5.74, 6) is 0.898. The molecule has 100 valence electrons. The van der Waals surface area contributed by atoms with Crippen molar-refractivity contribution in [1.29, 1.82) is 0 Å². The van der Waals surface area contributed by atoms with Crippen LogP contribution in [0.5, 0.6) is 0 Å². The molecule has 2 rings (SSSR count). The second kappa shape index (κ2) is 5.94. The predicted octanol–water partition coefficient (Wildman–Crippen LogP) is 3.93. The normalized spacial score (nSPS) is 24.4. The molecule has 1 fully saturated rings. The highest BCUT2D eigenvalue weighted by molar-refractivity contribution is 6.30. The summed E-state index contributed by atoms with van der Waals surface area (Å²) in [6.07, 6.45) is 5.33. The summed E-state index contributed by atoms with van der Waals surface area (Å²) in [6.45, 7) is 3.27. The van der Waals surface area contributed by atoms with Gasteiger partial charge in [-0.15, -0.1) is 0 Å². The van der Waals surface area contributed by atoms with Gasteiger partial charge in [-0.2, -0.15) is 0 Å². The first-order chi connectivity index (χ1) is 8.56. The summed E-state index contributed by atoms with van der Waals surface area (Å²) in [4.78, 5) is 2.44. The first-order valence-corrected chi connectivity index (χ1v) is 7.18. The van der Waals surface area contributed by atoms with Gasteiger partial charge in [0.15, 0.2) is 0 Å². The molecule has 2 N–H and O–H groups in total. The summed E-state index contributed by atoms with van der Waals surface area (Å²) in [7, 11) is 2.20. The minimum atomic E-state index is 0.705. The van der Waals surface area contributed by atoms with E-state index in [1.165, 1.54) is 31.2 Å². The smallest absolute Gasteiger partial charge is 0.0426 e. The molecule has 1 aromatic carbocycles. The molecule has 3 heteroatoms. The highest BCUT2D eigenvalue weighted by Crippen LogP contribution is 2.28. The Balaban J connectivity index is 1.96. The van der Waals surface area contributed by atoms with Crippen LogP contribution in [0.3, 0.4) is 0 Å². The Morgan fingerprint density at radius 2 is 1.94 bits per heavy atom. The van der Waals surface area contributed by atoms with Crippen molar-refractivity contribution in [2.75, 3.05) is 12.8 Å². The van der Waals surface area contributed by atoms with Gasteiger partial charge < -0.3 is 5.73 Å². The zero-order valence-electron chi connectivity index (χ0n) is 11.3. The number of anilines is 1. The Hall–Kier alpha value is -0.730. The molecular formula is C15H23ClN2. The fraction of sp³-hybridized carbons (Fsp3) is 0.600. The van der Waals surface area contributed by atoms with Crippen molar-refractivity contribution in [3.63, 3.8) is 0 Å². The van der Waals surface area contributed by atoms with Crippen LogP contribution in [0.15, 0.2) is 18.2 Å². The van der Waals surface area contributed by atoms with Crippen molar-refractivity contribution in [3.8, 4) is 0 Å². The summed E-state index contributed by atoms with van der Waals surface area (Å²) in [5.41, 5.74) is 8.00. The van der Waals surface area contributed by atoms with Gasteiger partial charge in [-0.3, -0.25) is 4.90 Å². The number of rotatable bonds is 3. The highest BCUT2D eigenvalue weighted by Gasteiger charge is 2.21. The summed E-state index contributed by atoms with van der Waals surface area (Å²) in [5, 5.41) is 0.713. The first-order valence-electron chi connectivity index (χ1n) is 6.80. The molecule has 0 radical (unpaired) electrons. The molecule has 1 aliphatic rings. The lowest BCUT2D eigenvalue weighted by Gasteiger charge is -2.33. The lowest BCUT2D eigenvalue weighted by molar-refractivity contribution is 0.164. The SMILES string of the molecule is CC1CCC(N(C)Cc2ccc(Cl)cc2N)CC1. The number of nitrogen functional groups attached to an aromatic ring is 1. The molecule has 1 aromatic rings. The zero-order chi connectivity index (χ0) is 13.1. The van der Waals surface area contributed by atoms with Crippen molar-refractivity contribution >= 4 is 17.3 Å². The lowest BCUT2D eigenvalue weighted by Crippen LogP contribution is -2.34.